The molecule has 1 aliphatic heterocycles. The third-order valence-electron chi connectivity index (χ3n) is 5.78. The molecule has 130 valence electrons. The van der Waals surface area contributed by atoms with E-state index in [2.05, 4.69) is 10.3 Å². The van der Waals surface area contributed by atoms with E-state index in [1.807, 2.05) is 20.8 Å². The predicted octanol–water partition coefficient (Wildman–Crippen LogP) is 2.71. The Morgan fingerprint density at radius 3 is 2.48 bits per heavy atom. The first-order chi connectivity index (χ1) is 10.5. The molecule has 0 radical (unpaired) electrons. The number of amidine groups is 1. The molecule has 5 atom stereocenters. The molecule has 3 aliphatic rings. The Kier molecular flexibility index (Phi) is 3.80. The van der Waals surface area contributed by atoms with Crippen LogP contribution < -0.4 is 5.32 Å². The second-order valence-corrected chi connectivity index (χ2v) is 8.83. The molecule has 1 amide bonds. The van der Waals surface area contributed by atoms with Crippen LogP contribution in [-0.4, -0.2) is 38.7 Å². The van der Waals surface area contributed by atoms with Crippen molar-refractivity contribution in [3.63, 3.8) is 0 Å². The lowest BCUT2D eigenvalue weighted by Gasteiger charge is -2.37. The van der Waals surface area contributed by atoms with E-state index in [1.54, 1.807) is 0 Å². The molecule has 2 N–H and O–H groups in total. The van der Waals surface area contributed by atoms with Crippen LogP contribution in [0, 0.1) is 17.8 Å². The number of aliphatic hydroxyl groups is 1. The number of hydrogen-bond acceptors (Lipinski definition) is 4. The fourth-order valence-corrected chi connectivity index (χ4v) is 5.00. The van der Waals surface area contributed by atoms with Crippen LogP contribution in [0.5, 0.6) is 0 Å². The summed E-state index contributed by atoms with van der Waals surface area (Å²) in [5.74, 6) is -1.10. The van der Waals surface area contributed by atoms with E-state index in [4.69, 9.17) is 0 Å². The van der Waals surface area contributed by atoms with Crippen molar-refractivity contribution in [2.24, 2.45) is 22.7 Å². The van der Waals surface area contributed by atoms with Gasteiger partial charge in [-0.3, -0.25) is 4.79 Å². The average molecular weight is 350 g/mol. The number of hydrogen-bond donors (Lipinski definition) is 2. The van der Waals surface area contributed by atoms with Gasteiger partial charge in [0, 0.05) is 6.04 Å². The molecule has 2 saturated carbocycles. The minimum atomic E-state index is -4.58. The lowest BCUT2D eigenvalue weighted by molar-refractivity contribution is -0.277. The predicted molar refractivity (Wildman–Crippen MR) is 82.0 cm³/mol. The highest BCUT2D eigenvalue weighted by molar-refractivity contribution is 8.16. The molecule has 2 bridgehead atoms. The van der Waals surface area contributed by atoms with E-state index in [-0.39, 0.29) is 36.6 Å². The zero-order chi connectivity index (χ0) is 17.2. The Labute approximate surface area is 137 Å². The number of alkyl halides is 3. The zero-order valence-electron chi connectivity index (χ0n) is 13.3. The van der Waals surface area contributed by atoms with Gasteiger partial charge in [-0.25, -0.2) is 0 Å². The maximum absolute atomic E-state index is 13.0. The van der Waals surface area contributed by atoms with Gasteiger partial charge in [0.1, 0.15) is 4.75 Å². The third-order valence-corrected chi connectivity index (χ3v) is 7.25. The SMILES string of the molecule is CC(C)C1(C)SC(NC2CC3CC2CC3(O)C(F)(F)F)=NC1=O. The summed E-state index contributed by atoms with van der Waals surface area (Å²) < 4.78 is 38.5. The Hall–Kier alpha value is -0.760. The summed E-state index contributed by atoms with van der Waals surface area (Å²) >= 11 is 1.35. The maximum atomic E-state index is 13.0. The van der Waals surface area contributed by atoms with Gasteiger partial charge in [0.05, 0.1) is 0 Å². The van der Waals surface area contributed by atoms with Crippen molar-refractivity contribution in [2.75, 3.05) is 0 Å². The van der Waals surface area contributed by atoms with E-state index in [1.165, 1.54) is 11.8 Å². The zero-order valence-corrected chi connectivity index (χ0v) is 14.1. The summed E-state index contributed by atoms with van der Waals surface area (Å²) in [5, 5.41) is 13.6. The van der Waals surface area contributed by atoms with Gasteiger partial charge in [-0.15, -0.1) is 0 Å². The van der Waals surface area contributed by atoms with Crippen molar-refractivity contribution in [2.45, 2.75) is 62.6 Å². The number of halogens is 3. The summed E-state index contributed by atoms with van der Waals surface area (Å²) in [5.41, 5.74) is -2.55. The molecule has 8 heteroatoms. The highest BCUT2D eigenvalue weighted by Gasteiger charge is 2.66. The van der Waals surface area contributed by atoms with Gasteiger partial charge in [-0.05, 0) is 43.9 Å². The third kappa shape index (κ3) is 2.49. The lowest BCUT2D eigenvalue weighted by atomic mass is 9.81. The van der Waals surface area contributed by atoms with Crippen LogP contribution in [0.4, 0.5) is 13.2 Å². The van der Waals surface area contributed by atoms with Gasteiger partial charge in [0.15, 0.2) is 10.8 Å². The second-order valence-electron chi connectivity index (χ2n) is 7.39. The minimum Gasteiger partial charge on any atom is -0.380 e. The summed E-state index contributed by atoms with van der Waals surface area (Å²) in [6.45, 7) is 5.74. The van der Waals surface area contributed by atoms with Crippen LogP contribution in [0.2, 0.25) is 0 Å². The maximum Gasteiger partial charge on any atom is 0.417 e. The van der Waals surface area contributed by atoms with Crippen LogP contribution in [0.3, 0.4) is 0 Å². The molecule has 0 aromatic rings. The monoisotopic (exact) mass is 350 g/mol. The number of carbonyl (C=O) groups is 1. The molecule has 4 nitrogen and oxygen atoms in total. The van der Waals surface area contributed by atoms with Crippen LogP contribution in [0.1, 0.15) is 40.0 Å². The topological polar surface area (TPSA) is 61.7 Å². The normalized spacial score (nSPS) is 43.4. The Bertz CT molecular complexity index is 565. The fourth-order valence-electron chi connectivity index (χ4n) is 3.89. The van der Waals surface area contributed by atoms with Gasteiger partial charge in [0.25, 0.3) is 5.91 Å². The first-order valence-electron chi connectivity index (χ1n) is 7.85. The Balaban J connectivity index is 1.66. The number of amides is 1. The second kappa shape index (κ2) is 5.12. The molecule has 5 unspecified atom stereocenters. The first-order valence-corrected chi connectivity index (χ1v) is 8.67. The van der Waals surface area contributed by atoms with E-state index in [0.29, 0.717) is 11.6 Å². The van der Waals surface area contributed by atoms with Gasteiger partial charge in [-0.1, -0.05) is 25.6 Å². The molecule has 1 heterocycles. The summed E-state index contributed by atoms with van der Waals surface area (Å²) in [6.07, 6.45) is -4.23. The van der Waals surface area contributed by atoms with Crippen molar-refractivity contribution in [1.29, 1.82) is 0 Å². The number of nitrogens with zero attached hydrogens (tertiary/aromatic N) is 1. The Morgan fingerprint density at radius 1 is 1.39 bits per heavy atom. The molecular weight excluding hydrogens is 329 g/mol. The number of nitrogens with one attached hydrogen (secondary N) is 1. The van der Waals surface area contributed by atoms with Crippen LogP contribution in [0.15, 0.2) is 4.99 Å². The van der Waals surface area contributed by atoms with Crippen LogP contribution >= 0.6 is 11.8 Å². The number of fused-ring (bicyclic) bond motifs is 2. The van der Waals surface area contributed by atoms with Crippen molar-refractivity contribution >= 4 is 22.8 Å². The van der Waals surface area contributed by atoms with Gasteiger partial charge >= 0.3 is 6.18 Å². The first kappa shape index (κ1) is 17.1. The average Bonchev–Trinajstić information content (AvgIpc) is 3.02. The van der Waals surface area contributed by atoms with Crippen molar-refractivity contribution in [3.05, 3.63) is 0 Å². The smallest absolute Gasteiger partial charge is 0.380 e. The summed E-state index contributed by atoms with van der Waals surface area (Å²) in [4.78, 5) is 16.1. The molecular formula is C15H21F3N2O2S. The molecule has 2 aliphatic carbocycles. The number of rotatable bonds is 2. The van der Waals surface area contributed by atoms with Crippen molar-refractivity contribution in [1.82, 2.24) is 5.32 Å². The molecule has 0 aromatic heterocycles. The Morgan fingerprint density at radius 2 is 2.04 bits per heavy atom. The van der Waals surface area contributed by atoms with Crippen molar-refractivity contribution in [3.8, 4) is 0 Å². The largest absolute Gasteiger partial charge is 0.417 e. The van der Waals surface area contributed by atoms with Gasteiger partial charge < -0.3 is 10.4 Å². The van der Waals surface area contributed by atoms with Gasteiger partial charge in [-0.2, -0.15) is 18.2 Å². The fraction of sp³-hybridized carbons (Fsp3) is 0.867. The van der Waals surface area contributed by atoms with Crippen LogP contribution in [-0.2, 0) is 4.79 Å². The molecule has 0 aromatic carbocycles. The molecule has 2 fully saturated rings. The molecule has 0 saturated heterocycles. The minimum absolute atomic E-state index is 0.110. The molecule has 23 heavy (non-hydrogen) atoms. The molecule has 0 spiro atoms. The number of aliphatic imine (C=N–C) groups is 1. The van der Waals surface area contributed by atoms with E-state index in [9.17, 15) is 23.1 Å². The lowest BCUT2D eigenvalue weighted by Crippen LogP contribution is -2.53. The van der Waals surface area contributed by atoms with Crippen LogP contribution in [0.25, 0.3) is 0 Å². The number of carbonyl (C=O) groups excluding carboxylic acids is 1. The standard InChI is InChI=1S/C15H21F3N2O2S/c1-7(2)13(3)11(21)20-12(23-13)19-10-5-9-4-8(10)6-14(9,22)15(16,17)18/h7-10,22H,4-6H2,1-3H3,(H,19,20,21). The van der Waals surface area contributed by atoms with E-state index in [0.717, 1.165) is 0 Å². The number of thioether (sulfide) groups is 1. The van der Waals surface area contributed by atoms with Crippen molar-refractivity contribution < 1.29 is 23.1 Å². The van der Waals surface area contributed by atoms with E-state index < -0.39 is 22.4 Å². The highest BCUT2D eigenvalue weighted by atomic mass is 32.2. The quantitative estimate of drug-likeness (QED) is 0.804. The van der Waals surface area contributed by atoms with Gasteiger partial charge in [0.2, 0.25) is 0 Å². The molecule has 3 rings (SSSR count). The van der Waals surface area contributed by atoms with E-state index >= 15 is 0 Å². The highest BCUT2D eigenvalue weighted by Crippen LogP contribution is 2.57. The summed E-state index contributed by atoms with van der Waals surface area (Å²) in [7, 11) is 0. The summed E-state index contributed by atoms with van der Waals surface area (Å²) in [6, 6.07) is -0.156.